The normalized spacial score (nSPS) is 14.7. The Bertz CT molecular complexity index is 3540. The highest BCUT2D eigenvalue weighted by atomic mass is 16.3. The van der Waals surface area contributed by atoms with Crippen LogP contribution >= 0.6 is 0 Å². The molecule has 0 radical (unpaired) electrons. The molecule has 1 unspecified atom stereocenters. The Morgan fingerprint density at radius 1 is 0.585 bits per heavy atom. The number of aryl methyl sites for hydroxylation is 2. The number of hydrogen-bond acceptors (Lipinski definition) is 6. The van der Waals surface area contributed by atoms with Gasteiger partial charge in [-0.15, -0.1) is 0 Å². The van der Waals surface area contributed by atoms with E-state index in [1.54, 1.807) is 0 Å². The fourth-order valence-electron chi connectivity index (χ4n) is 10.2. The van der Waals surface area contributed by atoms with Crippen molar-refractivity contribution < 1.29 is 4.42 Å². The minimum Gasteiger partial charge on any atom is -0.455 e. The van der Waals surface area contributed by atoms with Gasteiger partial charge in [0.05, 0.1) is 45.5 Å². The third-order valence-electron chi connectivity index (χ3n) is 13.0. The first-order valence-corrected chi connectivity index (χ1v) is 21.7. The molecule has 308 valence electrons. The highest BCUT2D eigenvalue weighted by Gasteiger charge is 2.54. The molecule has 0 N–H and O–H groups in total. The summed E-state index contributed by atoms with van der Waals surface area (Å²) in [6, 6.07) is 63.4. The summed E-state index contributed by atoms with van der Waals surface area (Å²) < 4.78 is 7.18. The predicted molar refractivity (Wildman–Crippen MR) is 265 cm³/mol. The fraction of sp³-hybridized carbons (Fsp3) is 0.0678. The molecule has 0 saturated carbocycles. The van der Waals surface area contributed by atoms with Crippen LogP contribution in [0.3, 0.4) is 0 Å². The molecule has 1 heterocycles. The number of para-hydroxylation sites is 1. The number of aliphatic imine (C=N–C) groups is 1. The topological polar surface area (TPSA) is 79.6 Å². The Kier molecular flexibility index (Phi) is 9.20. The molecular weight excluding hydrogens is 795 g/mol. The second-order valence-corrected chi connectivity index (χ2v) is 16.7. The molecule has 11 rings (SSSR count). The van der Waals surface area contributed by atoms with Gasteiger partial charge in [-0.05, 0) is 152 Å². The van der Waals surface area contributed by atoms with Crippen LogP contribution in [0, 0.1) is 36.5 Å². The first kappa shape index (κ1) is 39.2. The molecule has 2 aliphatic carbocycles. The largest absolute Gasteiger partial charge is 0.455 e. The van der Waals surface area contributed by atoms with Crippen LogP contribution < -0.4 is 9.80 Å². The van der Waals surface area contributed by atoms with Gasteiger partial charge in [-0.25, -0.2) is 0 Å². The number of nitriles is 2. The van der Waals surface area contributed by atoms with Crippen molar-refractivity contribution in [2.24, 2.45) is 4.99 Å². The van der Waals surface area contributed by atoms with E-state index in [-0.39, 0.29) is 0 Å². The summed E-state index contributed by atoms with van der Waals surface area (Å²) in [6.07, 6.45) is 4.30. The Morgan fingerprint density at radius 2 is 1.14 bits per heavy atom. The van der Waals surface area contributed by atoms with Crippen molar-refractivity contribution in [1.82, 2.24) is 0 Å². The maximum atomic E-state index is 9.87. The summed E-state index contributed by atoms with van der Waals surface area (Å²) in [6.45, 7) is 10.4. The third kappa shape index (κ3) is 5.89. The maximum Gasteiger partial charge on any atom is 0.145 e. The standard InChI is InChI=1S/C59H41N5O/c1-5-10-50-57(62-4)47-11-6-8-13-49(47)59(50)51-33-45(63(41-23-15-37(2)16-24-41)42-27-19-39(35-60)20-28-42)31-32-46(51)55-52(59)34-53(56-48-12-7-9-14-54(48)65-58(55)56)64(43-25-17-38(3)18-26-43)44-29-21-40(36-61)22-30-44/h5-34H,4H2,1-3H3/b10-5-. The molecule has 9 aromatic rings. The molecule has 8 aromatic carbocycles. The highest BCUT2D eigenvalue weighted by molar-refractivity contribution is 6.20. The molecule has 65 heavy (non-hydrogen) atoms. The minimum atomic E-state index is -0.866. The molecule has 6 nitrogen and oxygen atoms in total. The summed E-state index contributed by atoms with van der Waals surface area (Å²) in [5, 5.41) is 21.6. The molecule has 1 aromatic heterocycles. The van der Waals surface area contributed by atoms with Crippen molar-refractivity contribution in [2.75, 3.05) is 9.80 Å². The van der Waals surface area contributed by atoms with Crippen LogP contribution in [0.4, 0.5) is 34.1 Å². The van der Waals surface area contributed by atoms with Gasteiger partial charge in [-0.2, -0.15) is 10.5 Å². The molecule has 0 saturated heterocycles. The number of anilines is 6. The summed E-state index contributed by atoms with van der Waals surface area (Å²) in [4.78, 5) is 9.38. The van der Waals surface area contributed by atoms with Crippen molar-refractivity contribution in [2.45, 2.75) is 26.2 Å². The molecule has 6 heteroatoms. The third-order valence-corrected chi connectivity index (χ3v) is 13.0. The highest BCUT2D eigenvalue weighted by Crippen LogP contribution is 2.65. The number of nitrogens with zero attached hydrogens (tertiary/aromatic N) is 5. The second-order valence-electron chi connectivity index (χ2n) is 16.7. The average molecular weight is 836 g/mol. The lowest BCUT2D eigenvalue weighted by Crippen LogP contribution is -2.27. The minimum absolute atomic E-state index is 0.588. The molecule has 0 aliphatic heterocycles. The quantitative estimate of drug-likeness (QED) is 0.142. The Morgan fingerprint density at radius 3 is 1.74 bits per heavy atom. The molecule has 0 bridgehead atoms. The fourth-order valence-corrected chi connectivity index (χ4v) is 10.2. The van der Waals surface area contributed by atoms with Crippen LogP contribution in [0.15, 0.2) is 197 Å². The van der Waals surface area contributed by atoms with E-state index in [1.807, 2.05) is 60.7 Å². The molecule has 1 atom stereocenters. The summed E-state index contributed by atoms with van der Waals surface area (Å²) in [5.41, 5.74) is 18.1. The predicted octanol–water partition coefficient (Wildman–Crippen LogP) is 15.2. The molecule has 1 spiro atoms. The SMILES string of the molecule is C=NC1=C(/C=C\C)C2(c3ccccc31)c1cc(N(c3ccc(C)cc3)c3ccc(C#N)cc3)ccc1-c1c2cc(N(c2ccc(C)cc2)c2ccc(C#N)cc2)c2c1oc1ccccc12. The van der Waals surface area contributed by atoms with Gasteiger partial charge in [0.1, 0.15) is 11.2 Å². The molecule has 0 fully saturated rings. The number of allylic oxidation sites excluding steroid dienone is 3. The zero-order valence-electron chi connectivity index (χ0n) is 36.2. The zero-order chi connectivity index (χ0) is 44.4. The van der Waals surface area contributed by atoms with Crippen molar-refractivity contribution in [3.8, 4) is 23.3 Å². The van der Waals surface area contributed by atoms with Crippen molar-refractivity contribution >= 4 is 68.5 Å². The van der Waals surface area contributed by atoms with E-state index in [4.69, 9.17) is 9.41 Å². The Hall–Kier alpha value is -8.71. The maximum absolute atomic E-state index is 9.87. The monoisotopic (exact) mass is 835 g/mol. The van der Waals surface area contributed by atoms with Crippen LogP contribution in [0.25, 0.3) is 38.8 Å². The number of hydrogen-bond donors (Lipinski definition) is 0. The van der Waals surface area contributed by atoms with E-state index in [9.17, 15) is 10.5 Å². The van der Waals surface area contributed by atoms with Gasteiger partial charge < -0.3 is 14.2 Å². The van der Waals surface area contributed by atoms with E-state index in [2.05, 4.69) is 171 Å². The van der Waals surface area contributed by atoms with Crippen molar-refractivity contribution in [1.29, 1.82) is 10.5 Å². The lowest BCUT2D eigenvalue weighted by molar-refractivity contribution is 0.669. The van der Waals surface area contributed by atoms with Crippen LogP contribution in [0.5, 0.6) is 0 Å². The summed E-state index contributed by atoms with van der Waals surface area (Å²) in [7, 11) is 0. The number of benzene rings is 8. The lowest BCUT2D eigenvalue weighted by atomic mass is 9.69. The van der Waals surface area contributed by atoms with Gasteiger partial charge in [-0.3, -0.25) is 4.99 Å². The van der Waals surface area contributed by atoms with Gasteiger partial charge in [0.2, 0.25) is 0 Å². The van der Waals surface area contributed by atoms with E-state index >= 15 is 0 Å². The van der Waals surface area contributed by atoms with Gasteiger partial charge in [0.15, 0.2) is 0 Å². The van der Waals surface area contributed by atoms with E-state index in [1.165, 1.54) is 0 Å². The second kappa shape index (κ2) is 15.3. The smallest absolute Gasteiger partial charge is 0.145 e. The van der Waals surface area contributed by atoms with Gasteiger partial charge in [0, 0.05) is 45.0 Å². The zero-order valence-corrected chi connectivity index (χ0v) is 36.2. The first-order valence-electron chi connectivity index (χ1n) is 21.7. The van der Waals surface area contributed by atoms with E-state index < -0.39 is 5.41 Å². The van der Waals surface area contributed by atoms with Crippen LogP contribution in [0.1, 0.15) is 51.4 Å². The molecule has 2 aliphatic rings. The van der Waals surface area contributed by atoms with Crippen LogP contribution in [-0.2, 0) is 5.41 Å². The van der Waals surface area contributed by atoms with Gasteiger partial charge in [0.25, 0.3) is 0 Å². The van der Waals surface area contributed by atoms with Crippen molar-refractivity contribution in [3.05, 3.63) is 232 Å². The van der Waals surface area contributed by atoms with Gasteiger partial charge >= 0.3 is 0 Å². The Balaban J connectivity index is 1.29. The number of fused-ring (bicyclic) bond motifs is 11. The summed E-state index contributed by atoms with van der Waals surface area (Å²) >= 11 is 0. The van der Waals surface area contributed by atoms with Gasteiger partial charge in [-0.1, -0.05) is 96.1 Å². The number of furan rings is 1. The molecule has 0 amide bonds. The molecular formula is C59H41N5O. The van der Waals surface area contributed by atoms with E-state index in [0.717, 1.165) is 112 Å². The van der Waals surface area contributed by atoms with Crippen LogP contribution in [0.2, 0.25) is 0 Å². The van der Waals surface area contributed by atoms with Crippen molar-refractivity contribution in [3.63, 3.8) is 0 Å². The first-order chi connectivity index (χ1) is 31.9. The van der Waals surface area contributed by atoms with E-state index in [0.29, 0.717) is 11.1 Å². The lowest BCUT2D eigenvalue weighted by Gasteiger charge is -2.34. The average Bonchev–Trinajstić information content (AvgIpc) is 3.97. The van der Waals surface area contributed by atoms with Crippen LogP contribution in [-0.4, -0.2) is 6.72 Å². The number of rotatable bonds is 8. The summed E-state index contributed by atoms with van der Waals surface area (Å²) in [5.74, 6) is 0. The Labute approximate surface area is 378 Å².